The Labute approximate surface area is 99.6 Å². The summed E-state index contributed by atoms with van der Waals surface area (Å²) in [6.45, 7) is 2.77. The molecule has 5 nitrogen and oxygen atoms in total. The van der Waals surface area contributed by atoms with E-state index in [1.807, 2.05) is 6.07 Å². The highest BCUT2D eigenvalue weighted by Crippen LogP contribution is 2.26. The molecule has 0 saturated heterocycles. The highest BCUT2D eigenvalue weighted by molar-refractivity contribution is 5.97. The van der Waals surface area contributed by atoms with Crippen molar-refractivity contribution in [2.45, 2.75) is 19.4 Å². The van der Waals surface area contributed by atoms with Gasteiger partial charge >= 0.3 is 0 Å². The first-order chi connectivity index (χ1) is 7.88. The van der Waals surface area contributed by atoms with E-state index < -0.39 is 11.5 Å². The lowest BCUT2D eigenvalue weighted by molar-refractivity contribution is -0.130. The molecule has 1 rings (SSSR count). The van der Waals surface area contributed by atoms with Gasteiger partial charge in [0.15, 0.2) is 0 Å². The maximum atomic E-state index is 11.6. The highest BCUT2D eigenvalue weighted by Gasteiger charge is 2.24. The van der Waals surface area contributed by atoms with Crippen molar-refractivity contribution in [1.82, 2.24) is 0 Å². The smallest absolute Gasteiger partial charge is 0.255 e. The third-order valence-electron chi connectivity index (χ3n) is 2.13. The third kappa shape index (κ3) is 3.20. The monoisotopic (exact) mass is 234 g/mol. The number of rotatable bonds is 3. The van der Waals surface area contributed by atoms with Crippen molar-refractivity contribution in [2.75, 3.05) is 12.4 Å². The van der Waals surface area contributed by atoms with Crippen molar-refractivity contribution in [3.63, 3.8) is 0 Å². The van der Waals surface area contributed by atoms with Gasteiger partial charge in [0.2, 0.25) is 0 Å². The van der Waals surface area contributed by atoms with Crippen LogP contribution in [0, 0.1) is 11.3 Å². The molecule has 5 heteroatoms. The van der Waals surface area contributed by atoms with Crippen LogP contribution < -0.4 is 10.1 Å². The molecule has 0 aliphatic carbocycles. The number of hydrogen-bond donors (Lipinski definition) is 2. The fraction of sp³-hybridized carbons (Fsp3) is 0.333. The van der Waals surface area contributed by atoms with E-state index in [0.29, 0.717) is 17.0 Å². The summed E-state index contributed by atoms with van der Waals surface area (Å²) in [5, 5.41) is 20.8. The largest absolute Gasteiger partial charge is 0.495 e. The minimum absolute atomic E-state index is 0.377. The van der Waals surface area contributed by atoms with Crippen molar-refractivity contribution < 1.29 is 14.6 Å². The molecule has 90 valence electrons. The minimum Gasteiger partial charge on any atom is -0.495 e. The number of nitrogens with one attached hydrogen (secondary N) is 1. The topological polar surface area (TPSA) is 82.3 Å². The number of amides is 1. The van der Waals surface area contributed by atoms with E-state index >= 15 is 0 Å². The van der Waals surface area contributed by atoms with Crippen LogP contribution in [0.4, 0.5) is 5.69 Å². The van der Waals surface area contributed by atoms with Gasteiger partial charge in [0.1, 0.15) is 11.4 Å². The highest BCUT2D eigenvalue weighted by atomic mass is 16.5. The molecule has 0 aromatic heterocycles. The van der Waals surface area contributed by atoms with Gasteiger partial charge in [-0.3, -0.25) is 4.79 Å². The fourth-order valence-electron chi connectivity index (χ4n) is 1.14. The van der Waals surface area contributed by atoms with Crippen molar-refractivity contribution in [3.05, 3.63) is 23.8 Å². The minimum atomic E-state index is -1.47. The van der Waals surface area contributed by atoms with Crippen molar-refractivity contribution in [2.24, 2.45) is 0 Å². The van der Waals surface area contributed by atoms with Gasteiger partial charge in [0, 0.05) is 6.07 Å². The Bertz CT molecular complexity index is 470. The number of methoxy groups -OCH3 is 1. The lowest BCUT2D eigenvalue weighted by Crippen LogP contribution is -2.36. The molecule has 0 unspecified atom stereocenters. The number of nitrogens with zero attached hydrogens (tertiary/aromatic N) is 1. The number of anilines is 1. The van der Waals surface area contributed by atoms with Crippen LogP contribution in [0.3, 0.4) is 0 Å². The van der Waals surface area contributed by atoms with E-state index in [4.69, 9.17) is 10.00 Å². The molecule has 0 atom stereocenters. The molecule has 0 spiro atoms. The molecule has 0 radical (unpaired) electrons. The standard InChI is InChI=1S/C12H14N2O3/c1-12(2,16)11(15)14-9-5-4-8(7-13)6-10(9)17-3/h4-6,16H,1-3H3,(H,14,15). The zero-order valence-corrected chi connectivity index (χ0v) is 9.94. The molecule has 1 amide bonds. The first-order valence-electron chi connectivity index (χ1n) is 5.00. The van der Waals surface area contributed by atoms with E-state index in [0.717, 1.165) is 0 Å². The van der Waals surface area contributed by atoms with Gasteiger partial charge in [-0.2, -0.15) is 5.26 Å². The quantitative estimate of drug-likeness (QED) is 0.825. The van der Waals surface area contributed by atoms with Crippen LogP contribution >= 0.6 is 0 Å². The predicted molar refractivity (Wildman–Crippen MR) is 62.6 cm³/mol. The van der Waals surface area contributed by atoms with Gasteiger partial charge in [-0.05, 0) is 26.0 Å². The lowest BCUT2D eigenvalue weighted by Gasteiger charge is -2.18. The molecule has 1 aromatic rings. The van der Waals surface area contributed by atoms with Crippen LogP contribution in [0.5, 0.6) is 5.75 Å². The number of carbonyl (C=O) groups excluding carboxylic acids is 1. The molecule has 0 fully saturated rings. The summed E-state index contributed by atoms with van der Waals surface area (Å²) in [4.78, 5) is 11.6. The van der Waals surface area contributed by atoms with Crippen molar-refractivity contribution in [1.29, 1.82) is 5.26 Å². The maximum absolute atomic E-state index is 11.6. The van der Waals surface area contributed by atoms with Crippen LogP contribution in [0.1, 0.15) is 19.4 Å². The second-order valence-electron chi connectivity index (χ2n) is 4.04. The Kier molecular flexibility index (Phi) is 3.71. The summed E-state index contributed by atoms with van der Waals surface area (Å²) in [5.74, 6) is -0.165. The number of carbonyl (C=O) groups is 1. The summed E-state index contributed by atoms with van der Waals surface area (Å²) >= 11 is 0. The Morgan fingerprint density at radius 1 is 1.53 bits per heavy atom. The molecule has 0 aliphatic heterocycles. The molecule has 0 bridgehead atoms. The van der Waals surface area contributed by atoms with Gasteiger partial charge in [-0.25, -0.2) is 0 Å². The predicted octanol–water partition coefficient (Wildman–Crippen LogP) is 1.28. The zero-order valence-electron chi connectivity index (χ0n) is 9.94. The van der Waals surface area contributed by atoms with Crippen molar-refractivity contribution >= 4 is 11.6 Å². The molecule has 2 N–H and O–H groups in total. The van der Waals surface area contributed by atoms with E-state index in [9.17, 15) is 9.90 Å². The summed E-state index contributed by atoms with van der Waals surface area (Å²) in [7, 11) is 1.44. The molecule has 0 heterocycles. The SMILES string of the molecule is COc1cc(C#N)ccc1NC(=O)C(C)(C)O. The van der Waals surface area contributed by atoms with Crippen LogP contribution in [-0.4, -0.2) is 23.7 Å². The number of ether oxygens (including phenoxy) is 1. The van der Waals surface area contributed by atoms with Crippen molar-refractivity contribution in [3.8, 4) is 11.8 Å². The maximum Gasteiger partial charge on any atom is 0.255 e. The first-order valence-corrected chi connectivity index (χ1v) is 5.00. The molecule has 0 aliphatic rings. The fourth-order valence-corrected chi connectivity index (χ4v) is 1.14. The number of benzene rings is 1. The van der Waals surface area contributed by atoms with Gasteiger partial charge in [0.25, 0.3) is 5.91 Å². The summed E-state index contributed by atoms with van der Waals surface area (Å²) in [5.41, 5.74) is -0.624. The van der Waals surface area contributed by atoms with E-state index in [2.05, 4.69) is 5.32 Å². The Morgan fingerprint density at radius 2 is 2.18 bits per heavy atom. The van der Waals surface area contributed by atoms with Gasteiger partial charge in [-0.1, -0.05) is 0 Å². The second kappa shape index (κ2) is 4.85. The van der Waals surface area contributed by atoms with Crippen LogP contribution in [0.15, 0.2) is 18.2 Å². The number of aliphatic hydroxyl groups is 1. The molecule has 1 aromatic carbocycles. The third-order valence-corrected chi connectivity index (χ3v) is 2.13. The lowest BCUT2D eigenvalue weighted by atomic mass is 10.1. The first kappa shape index (κ1) is 13.0. The molecular weight excluding hydrogens is 220 g/mol. The van der Waals surface area contributed by atoms with Gasteiger partial charge < -0.3 is 15.2 Å². The normalized spacial score (nSPS) is 10.5. The van der Waals surface area contributed by atoms with Crippen LogP contribution in [0.25, 0.3) is 0 Å². The summed E-state index contributed by atoms with van der Waals surface area (Å²) in [6, 6.07) is 6.60. The van der Waals surface area contributed by atoms with E-state index in [1.54, 1.807) is 12.1 Å². The summed E-state index contributed by atoms with van der Waals surface area (Å²) < 4.78 is 5.05. The number of nitriles is 1. The second-order valence-corrected chi connectivity index (χ2v) is 4.04. The average Bonchev–Trinajstić information content (AvgIpc) is 2.28. The Balaban J connectivity index is 3.00. The van der Waals surface area contributed by atoms with Crippen LogP contribution in [-0.2, 0) is 4.79 Å². The molecule has 17 heavy (non-hydrogen) atoms. The van der Waals surface area contributed by atoms with Gasteiger partial charge in [-0.15, -0.1) is 0 Å². The molecular formula is C12H14N2O3. The van der Waals surface area contributed by atoms with Crippen LogP contribution in [0.2, 0.25) is 0 Å². The Morgan fingerprint density at radius 3 is 2.65 bits per heavy atom. The number of hydrogen-bond acceptors (Lipinski definition) is 4. The Hall–Kier alpha value is -2.06. The van der Waals surface area contributed by atoms with E-state index in [1.165, 1.54) is 27.0 Å². The van der Waals surface area contributed by atoms with Gasteiger partial charge in [0.05, 0.1) is 24.4 Å². The summed E-state index contributed by atoms with van der Waals surface area (Å²) in [6.07, 6.45) is 0. The van der Waals surface area contributed by atoms with E-state index in [-0.39, 0.29) is 0 Å². The molecule has 0 saturated carbocycles. The zero-order chi connectivity index (χ0) is 13.1. The average molecular weight is 234 g/mol.